The normalized spacial score (nSPS) is 11.4. The molecule has 0 bridgehead atoms. The van der Waals surface area contributed by atoms with Crippen molar-refractivity contribution in [2.45, 2.75) is 39.9 Å². The molecule has 2 aromatic carbocycles. The first-order chi connectivity index (χ1) is 11.2. The Labute approximate surface area is 139 Å². The lowest BCUT2D eigenvalue weighted by molar-refractivity contribution is -0.0613. The van der Waals surface area contributed by atoms with Crippen LogP contribution in [0.2, 0.25) is 0 Å². The zero-order chi connectivity index (χ0) is 16.5. The molecule has 0 aliphatic rings. The van der Waals surface area contributed by atoms with E-state index in [1.165, 1.54) is 12.0 Å². The van der Waals surface area contributed by atoms with Crippen molar-refractivity contribution in [1.82, 2.24) is 0 Å². The van der Waals surface area contributed by atoms with E-state index in [2.05, 4.69) is 43.0 Å². The zero-order valence-corrected chi connectivity index (χ0v) is 14.1. The van der Waals surface area contributed by atoms with Crippen molar-refractivity contribution in [3.8, 4) is 17.6 Å². The minimum absolute atomic E-state index is 0.237. The van der Waals surface area contributed by atoms with Gasteiger partial charge in [-0.25, -0.2) is 0 Å². The molecule has 120 valence electrons. The van der Waals surface area contributed by atoms with Gasteiger partial charge >= 0.3 is 0 Å². The molecular formula is C21H24O2. The first kappa shape index (κ1) is 17.1. The van der Waals surface area contributed by atoms with Crippen molar-refractivity contribution in [2.75, 3.05) is 6.61 Å². The maximum Gasteiger partial charge on any atom is 0.196 e. The average molecular weight is 308 g/mol. The fourth-order valence-electron chi connectivity index (χ4n) is 2.26. The van der Waals surface area contributed by atoms with Crippen LogP contribution in [0.4, 0.5) is 0 Å². The molecule has 0 fully saturated rings. The summed E-state index contributed by atoms with van der Waals surface area (Å²) in [4.78, 5) is 0. The highest BCUT2D eigenvalue weighted by atomic mass is 16.7. The zero-order valence-electron chi connectivity index (χ0n) is 14.1. The largest absolute Gasteiger partial charge is 0.465 e. The van der Waals surface area contributed by atoms with Crippen molar-refractivity contribution in [2.24, 2.45) is 0 Å². The van der Waals surface area contributed by atoms with Crippen LogP contribution in [0.25, 0.3) is 0 Å². The van der Waals surface area contributed by atoms with Gasteiger partial charge in [-0.3, -0.25) is 0 Å². The van der Waals surface area contributed by atoms with Gasteiger partial charge < -0.3 is 9.47 Å². The van der Waals surface area contributed by atoms with Gasteiger partial charge in [0.2, 0.25) is 0 Å². The second-order valence-electron chi connectivity index (χ2n) is 5.36. The third kappa shape index (κ3) is 5.81. The van der Waals surface area contributed by atoms with Crippen molar-refractivity contribution in [3.05, 3.63) is 65.2 Å². The second-order valence-corrected chi connectivity index (χ2v) is 5.36. The summed E-state index contributed by atoms with van der Waals surface area (Å²) in [6.45, 7) is 6.67. The fourth-order valence-corrected chi connectivity index (χ4v) is 2.26. The van der Waals surface area contributed by atoms with Gasteiger partial charge in [0.1, 0.15) is 5.75 Å². The molecule has 1 unspecified atom stereocenters. The highest BCUT2D eigenvalue weighted by molar-refractivity contribution is 5.44. The predicted octanol–water partition coefficient (Wildman–Crippen LogP) is 4.80. The topological polar surface area (TPSA) is 18.5 Å². The first-order valence-electron chi connectivity index (χ1n) is 8.20. The van der Waals surface area contributed by atoms with Crippen molar-refractivity contribution in [1.29, 1.82) is 0 Å². The number of benzene rings is 2. The first-order valence-corrected chi connectivity index (χ1v) is 8.20. The molecule has 0 radical (unpaired) electrons. The Balaban J connectivity index is 1.98. The maximum atomic E-state index is 5.64. The summed E-state index contributed by atoms with van der Waals surface area (Å²) in [6.07, 6.45) is 2.05. The van der Waals surface area contributed by atoms with E-state index >= 15 is 0 Å². The summed E-state index contributed by atoms with van der Waals surface area (Å²) < 4.78 is 11.0. The van der Waals surface area contributed by atoms with Crippen LogP contribution >= 0.6 is 0 Å². The number of ether oxygens (including phenoxy) is 2. The molecule has 2 nitrogen and oxygen atoms in total. The van der Waals surface area contributed by atoms with E-state index in [0.29, 0.717) is 6.61 Å². The van der Waals surface area contributed by atoms with Gasteiger partial charge in [0.25, 0.3) is 0 Å². The summed E-state index contributed by atoms with van der Waals surface area (Å²) >= 11 is 0. The number of aryl methyl sites for hydroxylation is 1. The van der Waals surface area contributed by atoms with Crippen molar-refractivity contribution in [3.63, 3.8) is 0 Å². The van der Waals surface area contributed by atoms with Crippen LogP contribution in [0.15, 0.2) is 48.5 Å². The van der Waals surface area contributed by atoms with Gasteiger partial charge in [-0.05, 0) is 62.2 Å². The third-order valence-electron chi connectivity index (χ3n) is 3.40. The maximum absolute atomic E-state index is 5.64. The second kappa shape index (κ2) is 9.02. The summed E-state index contributed by atoms with van der Waals surface area (Å²) in [5, 5.41) is 0. The van der Waals surface area contributed by atoms with E-state index in [9.17, 15) is 0 Å². The minimum atomic E-state index is -0.237. The van der Waals surface area contributed by atoms with E-state index < -0.39 is 0 Å². The third-order valence-corrected chi connectivity index (χ3v) is 3.40. The summed E-state index contributed by atoms with van der Waals surface area (Å²) in [7, 11) is 0. The summed E-state index contributed by atoms with van der Waals surface area (Å²) in [5.41, 5.74) is 3.37. The Morgan fingerprint density at radius 2 is 1.43 bits per heavy atom. The van der Waals surface area contributed by atoms with E-state index in [1.54, 1.807) is 0 Å². The van der Waals surface area contributed by atoms with Gasteiger partial charge in [-0.2, -0.15) is 0 Å². The van der Waals surface area contributed by atoms with Gasteiger partial charge in [0.05, 0.1) is 0 Å². The predicted molar refractivity (Wildman–Crippen MR) is 94.6 cm³/mol. The highest BCUT2D eigenvalue weighted by Crippen LogP contribution is 2.14. The molecule has 2 rings (SSSR count). The van der Waals surface area contributed by atoms with Crippen molar-refractivity contribution < 1.29 is 9.47 Å². The van der Waals surface area contributed by atoms with Gasteiger partial charge in [0.15, 0.2) is 6.29 Å². The molecule has 0 heterocycles. The Morgan fingerprint density at radius 1 is 0.870 bits per heavy atom. The van der Waals surface area contributed by atoms with Crippen LogP contribution in [0.3, 0.4) is 0 Å². The Morgan fingerprint density at radius 3 is 1.96 bits per heavy atom. The highest BCUT2D eigenvalue weighted by Gasteiger charge is 2.01. The van der Waals surface area contributed by atoms with Crippen LogP contribution in [-0.4, -0.2) is 12.9 Å². The lowest BCUT2D eigenvalue weighted by Crippen LogP contribution is -2.15. The molecule has 1 atom stereocenters. The molecule has 0 aromatic heterocycles. The molecule has 2 aromatic rings. The van der Waals surface area contributed by atoms with E-state index in [-0.39, 0.29) is 6.29 Å². The molecule has 0 saturated carbocycles. The molecule has 0 saturated heterocycles. The average Bonchev–Trinajstić information content (AvgIpc) is 2.56. The summed E-state index contributed by atoms with van der Waals surface area (Å²) in [6, 6.07) is 16.2. The summed E-state index contributed by atoms with van der Waals surface area (Å²) in [5.74, 6) is 7.17. The molecule has 0 spiro atoms. The van der Waals surface area contributed by atoms with Gasteiger partial charge in [-0.1, -0.05) is 37.3 Å². The minimum Gasteiger partial charge on any atom is -0.465 e. The molecule has 0 N–H and O–H groups in total. The number of hydrogen-bond donors (Lipinski definition) is 0. The standard InChI is InChI=1S/C21H24O2/c1-4-6-18-7-9-19(10-8-18)11-12-20-13-15-21(16-14-20)23-17(3)22-5-2/h7-10,13-17H,4-6H2,1-3H3. The van der Waals surface area contributed by atoms with Crippen LogP contribution in [0.1, 0.15) is 43.9 Å². The number of rotatable bonds is 6. The van der Waals surface area contributed by atoms with Crippen LogP contribution in [0, 0.1) is 11.8 Å². The van der Waals surface area contributed by atoms with E-state index in [4.69, 9.17) is 9.47 Å². The number of hydrogen-bond acceptors (Lipinski definition) is 2. The van der Waals surface area contributed by atoms with Crippen LogP contribution in [-0.2, 0) is 11.2 Å². The van der Waals surface area contributed by atoms with Crippen LogP contribution in [0.5, 0.6) is 5.75 Å². The molecular weight excluding hydrogens is 284 g/mol. The molecule has 2 heteroatoms. The SMILES string of the molecule is CCCc1ccc(C#Cc2ccc(OC(C)OCC)cc2)cc1. The lowest BCUT2D eigenvalue weighted by atomic mass is 10.1. The quantitative estimate of drug-likeness (QED) is 0.564. The van der Waals surface area contributed by atoms with Crippen LogP contribution < -0.4 is 4.74 Å². The smallest absolute Gasteiger partial charge is 0.196 e. The Kier molecular flexibility index (Phi) is 6.72. The molecule has 0 aliphatic heterocycles. The molecule has 23 heavy (non-hydrogen) atoms. The van der Waals surface area contributed by atoms with E-state index in [1.807, 2.05) is 38.1 Å². The Bertz CT molecular complexity index is 645. The Hall–Kier alpha value is -2.24. The van der Waals surface area contributed by atoms with Gasteiger partial charge in [0, 0.05) is 17.7 Å². The van der Waals surface area contributed by atoms with E-state index in [0.717, 1.165) is 23.3 Å². The monoisotopic (exact) mass is 308 g/mol. The van der Waals surface area contributed by atoms with Crippen molar-refractivity contribution >= 4 is 0 Å². The lowest BCUT2D eigenvalue weighted by Gasteiger charge is -2.13. The molecule has 0 amide bonds. The van der Waals surface area contributed by atoms with Gasteiger partial charge in [-0.15, -0.1) is 0 Å². The fraction of sp³-hybridized carbons (Fsp3) is 0.333. The molecule has 0 aliphatic carbocycles.